The maximum Gasteiger partial charge on any atom is 0.240 e. The van der Waals surface area contributed by atoms with Crippen molar-refractivity contribution in [3.8, 4) is 0 Å². The fourth-order valence-corrected chi connectivity index (χ4v) is 5.16. The van der Waals surface area contributed by atoms with Gasteiger partial charge in [0.05, 0.1) is 4.90 Å². The van der Waals surface area contributed by atoms with E-state index in [0.29, 0.717) is 5.69 Å². The van der Waals surface area contributed by atoms with Crippen LogP contribution in [0.2, 0.25) is 0 Å². The number of rotatable bonds is 6. The topological polar surface area (TPSA) is 78.5 Å². The maximum atomic E-state index is 12.6. The quantitative estimate of drug-likeness (QED) is 0.791. The second-order valence-electron chi connectivity index (χ2n) is 6.46. The molecule has 140 valence electrons. The summed E-state index contributed by atoms with van der Waals surface area (Å²) >= 11 is 1.75. The summed E-state index contributed by atoms with van der Waals surface area (Å²) in [5.74, 6) is -0.231. The fraction of sp³-hybridized carbons (Fsp3) is 0.389. The molecule has 1 aliphatic rings. The van der Waals surface area contributed by atoms with Crippen LogP contribution < -0.4 is 10.0 Å². The first-order valence-electron chi connectivity index (χ1n) is 8.57. The zero-order valence-corrected chi connectivity index (χ0v) is 16.3. The summed E-state index contributed by atoms with van der Waals surface area (Å²) in [5, 5.41) is 4.69. The summed E-state index contributed by atoms with van der Waals surface area (Å²) in [7, 11) is -3.60. The zero-order chi connectivity index (χ0) is 18.6. The van der Waals surface area contributed by atoms with E-state index in [1.54, 1.807) is 29.5 Å². The van der Waals surface area contributed by atoms with Gasteiger partial charge in [0.1, 0.15) is 0 Å². The molecule has 0 aliphatic carbocycles. The average molecular weight is 394 g/mol. The van der Waals surface area contributed by atoms with E-state index < -0.39 is 10.0 Å². The van der Waals surface area contributed by atoms with Gasteiger partial charge in [-0.2, -0.15) is 0 Å². The lowest BCUT2D eigenvalue weighted by atomic mass is 10.1. The molecule has 1 aromatic heterocycles. The zero-order valence-electron chi connectivity index (χ0n) is 14.6. The lowest BCUT2D eigenvalue weighted by Gasteiger charge is -2.31. The highest BCUT2D eigenvalue weighted by molar-refractivity contribution is 7.89. The third kappa shape index (κ3) is 5.14. The van der Waals surface area contributed by atoms with Crippen molar-refractivity contribution in [2.45, 2.75) is 37.2 Å². The van der Waals surface area contributed by atoms with Gasteiger partial charge in [-0.25, -0.2) is 13.1 Å². The molecule has 1 aromatic carbocycles. The van der Waals surface area contributed by atoms with E-state index in [4.69, 9.17) is 0 Å². The molecule has 1 aliphatic heterocycles. The second kappa shape index (κ2) is 8.30. The Morgan fingerprint density at radius 1 is 1.23 bits per heavy atom. The van der Waals surface area contributed by atoms with E-state index in [1.165, 1.54) is 17.9 Å². The number of hydrogen-bond acceptors (Lipinski definition) is 5. The Kier molecular flexibility index (Phi) is 6.08. The van der Waals surface area contributed by atoms with Crippen LogP contribution in [-0.4, -0.2) is 38.4 Å². The number of piperidine rings is 1. The van der Waals surface area contributed by atoms with Crippen molar-refractivity contribution < 1.29 is 13.2 Å². The molecule has 0 spiro atoms. The number of carbonyl (C=O) groups excluding carboxylic acids is 1. The number of carbonyl (C=O) groups is 1. The standard InChI is InChI=1S/C18H23N3O3S2/c1-14(22)19-16-4-2-6-18(12-16)26(23,24)20-15-7-9-21(10-8-15)13-17-5-3-11-25-17/h2-6,11-12,15,20H,7-10,13H2,1H3,(H,19,22). The molecule has 1 saturated heterocycles. The van der Waals surface area contributed by atoms with Crippen molar-refractivity contribution >= 4 is 33.0 Å². The van der Waals surface area contributed by atoms with Crippen LogP contribution >= 0.6 is 11.3 Å². The number of nitrogens with zero attached hydrogens (tertiary/aromatic N) is 1. The summed E-state index contributed by atoms with van der Waals surface area (Å²) in [5.41, 5.74) is 0.478. The van der Waals surface area contributed by atoms with Gasteiger partial charge in [-0.15, -0.1) is 11.3 Å². The number of hydrogen-bond donors (Lipinski definition) is 2. The van der Waals surface area contributed by atoms with Gasteiger partial charge in [0.25, 0.3) is 0 Å². The number of benzene rings is 1. The van der Waals surface area contributed by atoms with Crippen molar-refractivity contribution in [2.75, 3.05) is 18.4 Å². The van der Waals surface area contributed by atoms with E-state index in [2.05, 4.69) is 32.5 Å². The van der Waals surface area contributed by atoms with Crippen LogP contribution in [0.1, 0.15) is 24.6 Å². The van der Waals surface area contributed by atoms with Crippen LogP contribution in [0.15, 0.2) is 46.7 Å². The predicted octanol–water partition coefficient (Wildman–Crippen LogP) is 2.65. The van der Waals surface area contributed by atoms with Crippen LogP contribution in [-0.2, 0) is 21.4 Å². The Balaban J connectivity index is 1.57. The minimum atomic E-state index is -3.60. The van der Waals surface area contributed by atoms with E-state index in [9.17, 15) is 13.2 Å². The van der Waals surface area contributed by atoms with Crippen molar-refractivity contribution in [3.63, 3.8) is 0 Å². The second-order valence-corrected chi connectivity index (χ2v) is 9.21. The monoisotopic (exact) mass is 393 g/mol. The first-order chi connectivity index (χ1) is 12.4. The summed E-state index contributed by atoms with van der Waals surface area (Å²) in [4.78, 5) is 15.0. The van der Waals surface area contributed by atoms with Gasteiger partial charge in [0.2, 0.25) is 15.9 Å². The van der Waals surface area contributed by atoms with Crippen LogP contribution in [0.25, 0.3) is 0 Å². The molecule has 0 bridgehead atoms. The molecule has 0 unspecified atom stereocenters. The molecular formula is C18H23N3O3S2. The molecule has 2 heterocycles. The molecule has 1 amide bonds. The molecule has 0 atom stereocenters. The van der Waals surface area contributed by atoms with Crippen LogP contribution in [0.5, 0.6) is 0 Å². The van der Waals surface area contributed by atoms with Gasteiger partial charge in [-0.3, -0.25) is 9.69 Å². The highest BCUT2D eigenvalue weighted by Crippen LogP contribution is 2.20. The molecular weight excluding hydrogens is 370 g/mol. The molecule has 2 aromatic rings. The predicted molar refractivity (Wildman–Crippen MR) is 104 cm³/mol. The van der Waals surface area contributed by atoms with Gasteiger partial charge in [0, 0.05) is 43.2 Å². The van der Waals surface area contributed by atoms with Gasteiger partial charge >= 0.3 is 0 Å². The van der Waals surface area contributed by atoms with Crippen molar-refractivity contribution in [2.24, 2.45) is 0 Å². The highest BCUT2D eigenvalue weighted by Gasteiger charge is 2.25. The fourth-order valence-electron chi connectivity index (χ4n) is 3.06. The summed E-state index contributed by atoms with van der Waals surface area (Å²) in [6, 6.07) is 10.4. The molecule has 8 heteroatoms. The average Bonchev–Trinajstić information content (AvgIpc) is 3.09. The Morgan fingerprint density at radius 2 is 2.00 bits per heavy atom. The maximum absolute atomic E-state index is 12.6. The lowest BCUT2D eigenvalue weighted by molar-refractivity contribution is -0.114. The van der Waals surface area contributed by atoms with E-state index in [1.807, 2.05) is 0 Å². The minimum Gasteiger partial charge on any atom is -0.326 e. The Hall–Kier alpha value is -1.74. The Morgan fingerprint density at radius 3 is 2.65 bits per heavy atom. The molecule has 0 saturated carbocycles. The first kappa shape index (κ1) is 19.0. The third-order valence-electron chi connectivity index (χ3n) is 4.33. The van der Waals surface area contributed by atoms with Crippen molar-refractivity contribution in [1.29, 1.82) is 0 Å². The van der Waals surface area contributed by atoms with Crippen LogP contribution in [0.3, 0.4) is 0 Å². The first-order valence-corrected chi connectivity index (χ1v) is 10.9. The third-order valence-corrected chi connectivity index (χ3v) is 6.71. The lowest BCUT2D eigenvalue weighted by Crippen LogP contribution is -2.44. The number of nitrogens with one attached hydrogen (secondary N) is 2. The number of sulfonamides is 1. The molecule has 2 N–H and O–H groups in total. The SMILES string of the molecule is CC(=O)Nc1cccc(S(=O)(=O)NC2CCN(Cc3cccs3)CC2)c1. The molecule has 6 nitrogen and oxygen atoms in total. The summed E-state index contributed by atoms with van der Waals surface area (Å²) in [6.45, 7) is 4.06. The molecule has 1 fully saturated rings. The number of anilines is 1. The Bertz CT molecular complexity index is 842. The van der Waals surface area contributed by atoms with Gasteiger partial charge < -0.3 is 5.32 Å². The highest BCUT2D eigenvalue weighted by atomic mass is 32.2. The Labute approximate surface area is 158 Å². The van der Waals surface area contributed by atoms with E-state index >= 15 is 0 Å². The molecule has 0 radical (unpaired) electrons. The van der Waals surface area contributed by atoms with E-state index in [-0.39, 0.29) is 16.8 Å². The number of amides is 1. The largest absolute Gasteiger partial charge is 0.326 e. The number of likely N-dealkylation sites (tertiary alicyclic amines) is 1. The normalized spacial score (nSPS) is 16.5. The molecule has 3 rings (SSSR count). The van der Waals surface area contributed by atoms with Crippen molar-refractivity contribution in [3.05, 3.63) is 46.7 Å². The van der Waals surface area contributed by atoms with E-state index in [0.717, 1.165) is 32.5 Å². The van der Waals surface area contributed by atoms with Crippen LogP contribution in [0, 0.1) is 0 Å². The number of thiophene rings is 1. The van der Waals surface area contributed by atoms with Gasteiger partial charge in [-0.1, -0.05) is 12.1 Å². The summed E-state index contributed by atoms with van der Waals surface area (Å²) in [6.07, 6.45) is 1.58. The minimum absolute atomic E-state index is 0.0657. The van der Waals surface area contributed by atoms with Gasteiger partial charge in [-0.05, 0) is 42.5 Å². The summed E-state index contributed by atoms with van der Waals surface area (Å²) < 4.78 is 28.1. The van der Waals surface area contributed by atoms with Crippen molar-refractivity contribution in [1.82, 2.24) is 9.62 Å². The van der Waals surface area contributed by atoms with Crippen LogP contribution in [0.4, 0.5) is 5.69 Å². The van der Waals surface area contributed by atoms with Gasteiger partial charge in [0.15, 0.2) is 0 Å². The smallest absolute Gasteiger partial charge is 0.240 e. The molecule has 26 heavy (non-hydrogen) atoms.